The Bertz CT molecular complexity index is 4280. The summed E-state index contributed by atoms with van der Waals surface area (Å²) in [5, 5.41) is 29.6. The van der Waals surface area contributed by atoms with Crippen molar-refractivity contribution in [3.8, 4) is 0 Å². The SMILES string of the molecule is CC[C@H](CC(=O)[C@@H](NC(=O)CCCN1CC[C@@H](C(=O)NCNC(=O)[C@@H]2CCN(CCCC(=O)N[C@H](C(=O)C[C@@H](CCCNC(N)=O)C(=O)Nc3ccc(CNC(=O)[C@@H](CC(=O)[C@H](C)[C@@H](OC)[C@@H]4CCCN4C(=O)C[C@@H](OC)[C@H]([C@@H](C)CC)N(C)C(=O)[C@@H](NC(C)[C@H](C(C)C)N(C)C)C(C)C)Cc4ccccc4)cc3)C(C)C)[C@H](C)C2)C[C@H]1C)C(C)C)C(=O)Nc1ccc(CNC(C)=O)cc1. The number of carbonyl (C=O) groups excluding carboxylic acids is 14. The van der Waals surface area contributed by atoms with E-state index in [2.05, 4.69) is 124 Å². The molecule has 12 N–H and O–H groups in total. The van der Waals surface area contributed by atoms with Crippen molar-refractivity contribution in [2.75, 3.05) is 91.9 Å². The molecule has 0 bridgehead atoms. The fourth-order valence-corrected chi connectivity index (χ4v) is 19.9. The molecule has 0 aromatic heterocycles. The number of nitrogens with zero attached hydrogens (tertiary/aromatic N) is 5. The number of ketones is 3. The summed E-state index contributed by atoms with van der Waals surface area (Å²) in [6.07, 6.45) is 5.37. The Hall–Kier alpha value is -9.60. The minimum absolute atomic E-state index is 0.00364. The molecule has 6 rings (SSSR count). The van der Waals surface area contributed by atoms with E-state index in [-0.39, 0.29) is 201 Å². The molecule has 32 heteroatoms. The van der Waals surface area contributed by atoms with Gasteiger partial charge in [-0.05, 0) is 209 Å². The second kappa shape index (κ2) is 57.6. The van der Waals surface area contributed by atoms with Gasteiger partial charge in [-0.3, -0.25) is 62.3 Å². The van der Waals surface area contributed by atoms with Gasteiger partial charge in [-0.1, -0.05) is 144 Å². The first kappa shape index (κ1) is 114. The van der Waals surface area contributed by atoms with Crippen LogP contribution in [0.4, 0.5) is 16.2 Å². The smallest absolute Gasteiger partial charge is 0.312 e. The summed E-state index contributed by atoms with van der Waals surface area (Å²) in [4.78, 5) is 201. The van der Waals surface area contributed by atoms with E-state index in [4.69, 9.17) is 15.2 Å². The number of primary amides is 1. The van der Waals surface area contributed by atoms with E-state index in [9.17, 15) is 67.1 Å². The number of carbonyl (C=O) groups is 14. The first-order valence-corrected chi connectivity index (χ1v) is 49.6. The molecule has 3 aliphatic rings. The van der Waals surface area contributed by atoms with Crippen molar-refractivity contribution < 1.29 is 76.6 Å². The van der Waals surface area contributed by atoms with Crippen LogP contribution in [-0.2, 0) is 91.3 Å². The van der Waals surface area contributed by atoms with E-state index in [1.54, 1.807) is 62.4 Å². The Labute approximate surface area is 804 Å². The summed E-state index contributed by atoms with van der Waals surface area (Å²) in [7, 11) is 9.08. The molecule has 3 fully saturated rings. The fourth-order valence-electron chi connectivity index (χ4n) is 19.9. The van der Waals surface area contributed by atoms with Crippen molar-refractivity contribution in [1.29, 1.82) is 0 Å². The van der Waals surface area contributed by atoms with Gasteiger partial charge in [-0.15, -0.1) is 0 Å². The summed E-state index contributed by atoms with van der Waals surface area (Å²) < 4.78 is 12.4. The van der Waals surface area contributed by atoms with Gasteiger partial charge < -0.3 is 92.9 Å². The zero-order chi connectivity index (χ0) is 100. The molecule has 3 aliphatic heterocycles. The van der Waals surface area contributed by atoms with E-state index in [0.717, 1.165) is 17.5 Å². The van der Waals surface area contributed by atoms with Gasteiger partial charge in [0.25, 0.3) is 0 Å². The van der Waals surface area contributed by atoms with Gasteiger partial charge in [0.2, 0.25) is 59.1 Å². The Morgan fingerprint density at radius 3 is 1.46 bits per heavy atom. The van der Waals surface area contributed by atoms with Crippen LogP contribution in [0.2, 0.25) is 0 Å². The Morgan fingerprint density at radius 1 is 0.511 bits per heavy atom. The van der Waals surface area contributed by atoms with Crippen LogP contribution in [0.3, 0.4) is 0 Å². The van der Waals surface area contributed by atoms with Crippen molar-refractivity contribution in [1.82, 2.24) is 67.0 Å². The second-order valence-corrected chi connectivity index (χ2v) is 39.9. The van der Waals surface area contributed by atoms with Crippen LogP contribution in [0.25, 0.3) is 0 Å². The van der Waals surface area contributed by atoms with Crippen LogP contribution in [0.15, 0.2) is 78.9 Å². The molecule has 0 aliphatic carbocycles. The average Bonchev–Trinajstić information content (AvgIpc) is 1.72. The molecule has 0 radical (unpaired) electrons. The predicted molar refractivity (Wildman–Crippen MR) is 526 cm³/mol. The first-order valence-electron chi connectivity index (χ1n) is 49.6. The van der Waals surface area contributed by atoms with Crippen LogP contribution < -0.4 is 58.9 Å². The largest absolute Gasteiger partial charge is 0.379 e. The number of anilines is 2. The van der Waals surface area contributed by atoms with Crippen molar-refractivity contribution >= 4 is 93.8 Å². The highest BCUT2D eigenvalue weighted by Crippen LogP contribution is 2.34. The van der Waals surface area contributed by atoms with Gasteiger partial charge in [0.1, 0.15) is 5.78 Å². The third-order valence-corrected chi connectivity index (χ3v) is 27.9. The number of nitrogens with two attached hydrogens (primary N) is 1. The Morgan fingerprint density at radius 2 is 1.01 bits per heavy atom. The van der Waals surface area contributed by atoms with Crippen molar-refractivity contribution in [2.45, 2.75) is 312 Å². The molecule has 3 heterocycles. The molecule has 3 saturated heterocycles. The second-order valence-electron chi connectivity index (χ2n) is 39.9. The lowest BCUT2D eigenvalue weighted by molar-refractivity contribution is -0.147. The number of likely N-dealkylation sites (tertiary alicyclic amines) is 3. The molecule has 3 aromatic rings. The number of likely N-dealkylation sites (N-methyl/N-ethyl adjacent to an activating group) is 2. The number of amides is 12. The highest BCUT2D eigenvalue weighted by atomic mass is 16.5. The zero-order valence-corrected chi connectivity index (χ0v) is 84.9. The van der Waals surface area contributed by atoms with Gasteiger partial charge in [0.05, 0.1) is 55.5 Å². The molecule has 754 valence electrons. The van der Waals surface area contributed by atoms with Gasteiger partial charge in [-0.25, -0.2) is 4.79 Å². The topological polar surface area (TPSA) is 420 Å². The van der Waals surface area contributed by atoms with Gasteiger partial charge in [-0.2, -0.15) is 0 Å². The number of urea groups is 1. The number of piperidine rings is 2. The monoisotopic (exact) mass is 1880 g/mol. The van der Waals surface area contributed by atoms with Crippen molar-refractivity contribution in [2.24, 2.45) is 70.8 Å². The number of hydrogen-bond acceptors (Lipinski definition) is 20. The molecule has 32 nitrogen and oxygen atoms in total. The van der Waals surface area contributed by atoms with Gasteiger partial charge >= 0.3 is 6.03 Å². The number of rotatable bonds is 58. The molecule has 0 saturated carbocycles. The van der Waals surface area contributed by atoms with E-state index in [1.165, 1.54) is 6.92 Å². The normalized spacial score (nSPS) is 19.5. The number of benzene rings is 3. The van der Waals surface area contributed by atoms with Crippen LogP contribution in [0.1, 0.15) is 243 Å². The highest BCUT2D eigenvalue weighted by Gasteiger charge is 2.45. The van der Waals surface area contributed by atoms with Crippen LogP contribution in [0, 0.1) is 65.1 Å². The van der Waals surface area contributed by atoms with Gasteiger partial charge in [0, 0.05) is 158 Å². The standard InChI is InChI=1S/C103H166N16O16/c1-22-67(11)95(116(19)102(132)93(65(7)8)110-71(15)94(66(9)10)115(17)18)87(134-20)59-90(126)119-50-28-34-83(119)96(135-21)70(14)84(121)58-80(55-73-31-25-24-26-32-73)99(129)107-61-75-39-43-82(44-40-75)112-101(131)77(33-27-47-105-103(104)133)57-86(123)92(64(5)6)114-89(125)36-30-49-118-52-46-79(54-69(118)13)98(128)109-62-108-97(127)78-45-51-117(68(12)53-78)48-29-35-88(124)113-91(63(3)4)85(122)56-76(23-2)100(130)111-81-41-37-74(38-42-81)60-106-72(16)120/h24-26,31-32,37-44,63-71,76-80,83,87,91-96,110H,22-23,27-30,33-36,45-62H2,1-21H3,(H,106,120)(H,107,129)(H,108,127)(H,109,128)(H,111,130)(H,112,131)(H,113,124)(H,114,125)(H3,104,105,133)/t67-,68+,69+,70-,71?,76+,77+,78+,79+,80+,83-,87+,91-,92-,93-,94-,95-,96+/m0/s1. The predicted octanol–water partition coefficient (Wildman–Crippen LogP) is 10.1. The summed E-state index contributed by atoms with van der Waals surface area (Å²) >= 11 is 0. The lowest BCUT2D eigenvalue weighted by atomic mass is 9.85. The highest BCUT2D eigenvalue weighted by molar-refractivity contribution is 5.99. The summed E-state index contributed by atoms with van der Waals surface area (Å²) in [5.74, 6) is -6.69. The maximum atomic E-state index is 14.8. The first-order chi connectivity index (χ1) is 64.0. The number of ether oxygens (including phenoxy) is 2. The number of Topliss-reactive ketones (excluding diaryl/α,β-unsaturated/α-hetero) is 3. The molecule has 0 spiro atoms. The molecule has 135 heavy (non-hydrogen) atoms. The Balaban J connectivity index is 0.937. The maximum absolute atomic E-state index is 14.8. The Kier molecular flexibility index (Phi) is 48.7. The third-order valence-electron chi connectivity index (χ3n) is 27.9. The van der Waals surface area contributed by atoms with E-state index < -0.39 is 78.0 Å². The molecule has 3 aromatic carbocycles. The lowest BCUT2D eigenvalue weighted by Gasteiger charge is -2.42. The fraction of sp³-hybridized carbons (Fsp3) is 0.689. The maximum Gasteiger partial charge on any atom is 0.312 e. The number of methoxy groups -OCH3 is 2. The van der Waals surface area contributed by atoms with Gasteiger partial charge in [0.15, 0.2) is 11.6 Å². The van der Waals surface area contributed by atoms with Crippen LogP contribution in [0.5, 0.6) is 0 Å². The third kappa shape index (κ3) is 36.7. The minimum Gasteiger partial charge on any atom is -0.379 e. The van der Waals surface area contributed by atoms with Crippen molar-refractivity contribution in [3.63, 3.8) is 0 Å². The van der Waals surface area contributed by atoms with Crippen molar-refractivity contribution in [3.05, 3.63) is 95.6 Å². The quantitative estimate of drug-likeness (QED) is 0.0185. The number of hydrogen-bond donors (Lipinski definition) is 11. The van der Waals surface area contributed by atoms with Crippen LogP contribution in [-0.4, -0.2) is 255 Å². The van der Waals surface area contributed by atoms with E-state index >= 15 is 0 Å². The molecular formula is C103H166N16O16. The van der Waals surface area contributed by atoms with Crippen LogP contribution >= 0.6 is 0 Å². The zero-order valence-electron chi connectivity index (χ0n) is 84.9. The molecule has 1 unspecified atom stereocenters. The lowest BCUT2D eigenvalue weighted by Crippen LogP contribution is -2.60. The summed E-state index contributed by atoms with van der Waals surface area (Å²) in [5.41, 5.74) is 8.82. The molecule has 12 amide bonds. The average molecular weight is 1880 g/mol. The molecule has 18 atom stereocenters. The minimum atomic E-state index is -0.903. The summed E-state index contributed by atoms with van der Waals surface area (Å²) in [6, 6.07) is 20.0. The summed E-state index contributed by atoms with van der Waals surface area (Å²) in [6.45, 7) is 34.9. The van der Waals surface area contributed by atoms with E-state index in [1.807, 2.05) is 110 Å². The van der Waals surface area contributed by atoms with E-state index in [0.29, 0.717) is 126 Å². The number of nitrogens with one attached hydrogen (secondary N) is 10. The molecular weight excluding hydrogens is 1720 g/mol.